The predicted molar refractivity (Wildman–Crippen MR) is 134 cm³/mol. The van der Waals surface area contributed by atoms with Crippen LogP contribution in [0.3, 0.4) is 0 Å². The van der Waals surface area contributed by atoms with Gasteiger partial charge in [-0.3, -0.25) is 14.2 Å². The third-order valence-electron chi connectivity index (χ3n) is 5.65. The predicted octanol–water partition coefficient (Wildman–Crippen LogP) is 5.37. The number of nitrogens with one attached hydrogen (secondary N) is 1. The first kappa shape index (κ1) is 22.7. The van der Waals surface area contributed by atoms with Crippen LogP contribution in [0, 0.1) is 6.92 Å². The van der Waals surface area contributed by atoms with E-state index in [9.17, 15) is 9.59 Å². The molecule has 0 spiro atoms. The summed E-state index contributed by atoms with van der Waals surface area (Å²) >= 11 is 1.22. The lowest BCUT2D eigenvalue weighted by Crippen LogP contribution is -2.21. The number of benzene rings is 2. The third-order valence-corrected chi connectivity index (χ3v) is 6.85. The van der Waals surface area contributed by atoms with E-state index in [0.717, 1.165) is 5.56 Å². The second kappa shape index (κ2) is 8.83. The van der Waals surface area contributed by atoms with Crippen molar-refractivity contribution in [3.63, 3.8) is 0 Å². The van der Waals surface area contributed by atoms with Gasteiger partial charge >= 0.3 is 0 Å². The number of hydrogen-bond acceptors (Lipinski definition) is 5. The number of carbonyl (C=O) groups is 1. The van der Waals surface area contributed by atoms with Crippen molar-refractivity contribution in [1.29, 1.82) is 0 Å². The number of thiophene rings is 1. The molecule has 0 fully saturated rings. The van der Waals surface area contributed by atoms with E-state index in [-0.39, 0.29) is 16.9 Å². The molecule has 2 aromatic carbocycles. The van der Waals surface area contributed by atoms with E-state index in [1.807, 2.05) is 24.3 Å². The number of ether oxygens (including phenoxy) is 1. The van der Waals surface area contributed by atoms with E-state index in [1.165, 1.54) is 16.9 Å². The van der Waals surface area contributed by atoms with Gasteiger partial charge in [0.15, 0.2) is 0 Å². The molecule has 1 amide bonds. The van der Waals surface area contributed by atoms with Crippen LogP contribution >= 0.6 is 11.3 Å². The summed E-state index contributed by atoms with van der Waals surface area (Å²) in [5.41, 5.74) is 3.40. The molecule has 0 bridgehead atoms. The van der Waals surface area contributed by atoms with Gasteiger partial charge in [0.25, 0.3) is 11.5 Å². The number of carbonyl (C=O) groups excluding carboxylic acids is 1. The summed E-state index contributed by atoms with van der Waals surface area (Å²) in [6, 6.07) is 15.5. The molecule has 1 N–H and O–H groups in total. The van der Waals surface area contributed by atoms with Crippen LogP contribution in [-0.4, -0.2) is 22.6 Å². The number of anilines is 1. The number of nitrogens with zero attached hydrogens (tertiary/aromatic N) is 2. The Kier molecular flexibility index (Phi) is 6.08. The fourth-order valence-corrected chi connectivity index (χ4v) is 4.76. The Morgan fingerprint density at radius 1 is 1.12 bits per heavy atom. The van der Waals surface area contributed by atoms with E-state index >= 15 is 0 Å². The minimum absolute atomic E-state index is 0.0738. The molecular formula is C26H27N3O3S. The average Bonchev–Trinajstić information content (AvgIpc) is 3.13. The van der Waals surface area contributed by atoms with Gasteiger partial charge in [-0.15, -0.1) is 11.3 Å². The quantitative estimate of drug-likeness (QED) is 0.433. The Balaban J connectivity index is 1.64. The van der Waals surface area contributed by atoms with E-state index in [2.05, 4.69) is 43.2 Å². The van der Waals surface area contributed by atoms with Crippen molar-refractivity contribution in [2.75, 3.05) is 12.4 Å². The SMILES string of the molecule is COc1ccccc1NC(=O)c1sc2ncn(Cc3ccc(C(C)(C)C)cc3)c(=O)c2c1C. The maximum atomic E-state index is 13.3. The summed E-state index contributed by atoms with van der Waals surface area (Å²) in [7, 11) is 1.55. The molecule has 170 valence electrons. The van der Waals surface area contributed by atoms with E-state index in [4.69, 9.17) is 4.74 Å². The van der Waals surface area contributed by atoms with Crippen LogP contribution in [0.1, 0.15) is 47.1 Å². The van der Waals surface area contributed by atoms with Crippen molar-refractivity contribution in [2.45, 2.75) is 39.7 Å². The monoisotopic (exact) mass is 461 g/mol. The summed E-state index contributed by atoms with van der Waals surface area (Å²) in [6.45, 7) is 8.73. The molecule has 0 aliphatic rings. The van der Waals surface area contributed by atoms with Crippen LogP contribution in [0.5, 0.6) is 5.75 Å². The molecule has 0 radical (unpaired) electrons. The molecular weight excluding hydrogens is 434 g/mol. The van der Waals surface area contributed by atoms with Crippen LogP contribution in [0.25, 0.3) is 10.2 Å². The second-order valence-electron chi connectivity index (χ2n) is 9.02. The molecule has 7 heteroatoms. The lowest BCUT2D eigenvalue weighted by molar-refractivity contribution is 0.102. The molecule has 0 saturated heterocycles. The summed E-state index contributed by atoms with van der Waals surface area (Å²) in [4.78, 5) is 31.7. The van der Waals surface area contributed by atoms with Crippen LogP contribution < -0.4 is 15.6 Å². The highest BCUT2D eigenvalue weighted by Gasteiger charge is 2.20. The van der Waals surface area contributed by atoms with Crippen molar-refractivity contribution >= 4 is 33.1 Å². The zero-order valence-corrected chi connectivity index (χ0v) is 20.2. The molecule has 0 unspecified atom stereocenters. The van der Waals surface area contributed by atoms with Crippen molar-refractivity contribution in [3.8, 4) is 5.75 Å². The minimum Gasteiger partial charge on any atom is -0.495 e. The standard InChI is InChI=1S/C26H27N3O3S/c1-16-21-24(33-22(16)23(30)28-19-8-6-7-9-20(19)32-5)27-15-29(25(21)31)14-17-10-12-18(13-11-17)26(2,3)4/h6-13,15H,14H2,1-5H3,(H,28,30). The Hall–Kier alpha value is -3.45. The lowest BCUT2D eigenvalue weighted by Gasteiger charge is -2.19. The second-order valence-corrected chi connectivity index (χ2v) is 10.0. The van der Waals surface area contributed by atoms with Gasteiger partial charge in [-0.1, -0.05) is 57.2 Å². The highest BCUT2D eigenvalue weighted by molar-refractivity contribution is 7.20. The molecule has 4 aromatic rings. The molecule has 6 nitrogen and oxygen atoms in total. The first-order valence-electron chi connectivity index (χ1n) is 10.7. The van der Waals surface area contributed by atoms with Crippen molar-refractivity contribution in [1.82, 2.24) is 9.55 Å². The summed E-state index contributed by atoms with van der Waals surface area (Å²) in [5, 5.41) is 3.37. The summed E-state index contributed by atoms with van der Waals surface area (Å²) in [6.07, 6.45) is 1.56. The molecule has 0 atom stereocenters. The highest BCUT2D eigenvalue weighted by atomic mass is 32.1. The first-order chi connectivity index (χ1) is 15.7. The van der Waals surface area contributed by atoms with Crippen molar-refractivity contribution in [2.24, 2.45) is 0 Å². The smallest absolute Gasteiger partial charge is 0.266 e. The zero-order chi connectivity index (χ0) is 23.8. The number of amides is 1. The Labute approximate surface area is 196 Å². The fourth-order valence-electron chi connectivity index (χ4n) is 3.72. The van der Waals surface area contributed by atoms with Gasteiger partial charge in [0.05, 0.1) is 35.9 Å². The van der Waals surface area contributed by atoms with Crippen molar-refractivity contribution in [3.05, 3.63) is 86.8 Å². The number of para-hydroxylation sites is 2. The van der Waals surface area contributed by atoms with Crippen LogP contribution in [0.15, 0.2) is 59.7 Å². The third kappa shape index (κ3) is 4.54. The van der Waals surface area contributed by atoms with Gasteiger partial charge < -0.3 is 10.1 Å². The Morgan fingerprint density at radius 3 is 2.48 bits per heavy atom. The topological polar surface area (TPSA) is 73.2 Å². The molecule has 2 heterocycles. The molecule has 33 heavy (non-hydrogen) atoms. The number of aryl methyl sites for hydroxylation is 1. The molecule has 0 saturated carbocycles. The molecule has 4 rings (SSSR count). The Bertz CT molecular complexity index is 1380. The van der Waals surface area contributed by atoms with E-state index < -0.39 is 0 Å². The maximum absolute atomic E-state index is 13.3. The lowest BCUT2D eigenvalue weighted by atomic mass is 9.87. The number of rotatable bonds is 5. The molecule has 0 aliphatic carbocycles. The van der Waals surface area contributed by atoms with Crippen LogP contribution in [-0.2, 0) is 12.0 Å². The van der Waals surface area contributed by atoms with Crippen LogP contribution in [0.4, 0.5) is 5.69 Å². The zero-order valence-electron chi connectivity index (χ0n) is 19.4. The van der Waals surface area contributed by atoms with Gasteiger partial charge in [-0.05, 0) is 41.2 Å². The number of aromatic nitrogens is 2. The minimum atomic E-state index is -0.288. The average molecular weight is 462 g/mol. The Morgan fingerprint density at radius 2 is 1.82 bits per heavy atom. The number of methoxy groups -OCH3 is 1. The van der Waals surface area contributed by atoms with E-state index in [0.29, 0.717) is 38.6 Å². The maximum Gasteiger partial charge on any atom is 0.266 e. The summed E-state index contributed by atoms with van der Waals surface area (Å²) in [5.74, 6) is 0.284. The number of hydrogen-bond donors (Lipinski definition) is 1. The van der Waals surface area contributed by atoms with Gasteiger partial charge in [0.1, 0.15) is 10.6 Å². The van der Waals surface area contributed by atoms with E-state index in [1.54, 1.807) is 37.1 Å². The van der Waals surface area contributed by atoms with Crippen molar-refractivity contribution < 1.29 is 9.53 Å². The van der Waals surface area contributed by atoms with Gasteiger partial charge in [0.2, 0.25) is 0 Å². The van der Waals surface area contributed by atoms with Gasteiger partial charge in [-0.2, -0.15) is 0 Å². The summed E-state index contributed by atoms with van der Waals surface area (Å²) < 4.78 is 6.90. The number of fused-ring (bicyclic) bond motifs is 1. The fraction of sp³-hybridized carbons (Fsp3) is 0.269. The van der Waals surface area contributed by atoms with Gasteiger partial charge in [0, 0.05) is 0 Å². The molecule has 2 aromatic heterocycles. The van der Waals surface area contributed by atoms with Gasteiger partial charge in [-0.25, -0.2) is 4.98 Å². The largest absolute Gasteiger partial charge is 0.495 e. The first-order valence-corrected chi connectivity index (χ1v) is 11.5. The highest BCUT2D eigenvalue weighted by Crippen LogP contribution is 2.30. The molecule has 0 aliphatic heterocycles. The normalized spacial score (nSPS) is 11.5. The van der Waals surface area contributed by atoms with Crippen LogP contribution in [0.2, 0.25) is 0 Å².